The van der Waals surface area contributed by atoms with E-state index in [4.69, 9.17) is 9.47 Å². The van der Waals surface area contributed by atoms with Crippen LogP contribution in [0, 0.1) is 5.92 Å². The lowest BCUT2D eigenvalue weighted by Gasteiger charge is -2.26. The fourth-order valence-corrected chi connectivity index (χ4v) is 1.79. The highest BCUT2D eigenvalue weighted by Crippen LogP contribution is 2.18. The number of nitrogens with one attached hydrogen (secondary N) is 2. The molecule has 1 unspecified atom stereocenters. The van der Waals surface area contributed by atoms with E-state index >= 15 is 0 Å². The maximum absolute atomic E-state index is 11.6. The van der Waals surface area contributed by atoms with E-state index in [1.165, 1.54) is 0 Å². The van der Waals surface area contributed by atoms with Gasteiger partial charge in [-0.05, 0) is 31.2 Å². The molecule has 19 heavy (non-hydrogen) atoms. The van der Waals surface area contributed by atoms with Gasteiger partial charge in [-0.15, -0.1) is 0 Å². The summed E-state index contributed by atoms with van der Waals surface area (Å²) >= 11 is 0. The molecule has 0 bridgehead atoms. The Kier molecular flexibility index (Phi) is 4.63. The summed E-state index contributed by atoms with van der Waals surface area (Å²) in [6.07, 6.45) is -0.0645. The van der Waals surface area contributed by atoms with Gasteiger partial charge < -0.3 is 20.1 Å². The monoisotopic (exact) mass is 264 g/mol. The van der Waals surface area contributed by atoms with Gasteiger partial charge in [-0.3, -0.25) is 4.79 Å². The van der Waals surface area contributed by atoms with E-state index in [0.29, 0.717) is 6.54 Å². The highest BCUT2D eigenvalue weighted by Gasteiger charge is 2.24. The molecule has 1 fully saturated rings. The first kappa shape index (κ1) is 13.7. The molecule has 1 aliphatic heterocycles. The van der Waals surface area contributed by atoms with E-state index in [1.54, 1.807) is 7.11 Å². The Hall–Kier alpha value is -1.75. The van der Waals surface area contributed by atoms with Crippen LogP contribution >= 0.6 is 0 Å². The van der Waals surface area contributed by atoms with Crippen molar-refractivity contribution in [1.29, 1.82) is 0 Å². The molecule has 0 spiro atoms. The van der Waals surface area contributed by atoms with Crippen molar-refractivity contribution in [3.63, 3.8) is 0 Å². The van der Waals surface area contributed by atoms with E-state index in [-0.39, 0.29) is 17.9 Å². The van der Waals surface area contributed by atoms with Crippen LogP contribution in [0.15, 0.2) is 24.3 Å². The molecule has 1 aromatic carbocycles. The summed E-state index contributed by atoms with van der Waals surface area (Å²) in [5, 5.41) is 5.97. The minimum atomic E-state index is -0.0645. The molecule has 1 heterocycles. The lowest BCUT2D eigenvalue weighted by atomic mass is 10.0. The number of methoxy groups -OCH3 is 1. The van der Waals surface area contributed by atoms with E-state index in [9.17, 15) is 4.79 Å². The van der Waals surface area contributed by atoms with Crippen LogP contribution in [0.5, 0.6) is 11.5 Å². The highest BCUT2D eigenvalue weighted by molar-refractivity contribution is 5.80. The van der Waals surface area contributed by atoms with E-state index in [1.807, 2.05) is 31.2 Å². The first-order valence-electron chi connectivity index (χ1n) is 6.48. The molecule has 1 aromatic rings. The van der Waals surface area contributed by atoms with Crippen molar-refractivity contribution < 1.29 is 14.3 Å². The number of carbonyl (C=O) groups is 1. The molecule has 1 atom stereocenters. The third-order valence-corrected chi connectivity index (χ3v) is 3.11. The molecule has 0 radical (unpaired) electrons. The Labute approximate surface area is 113 Å². The Morgan fingerprint density at radius 3 is 2.53 bits per heavy atom. The maximum atomic E-state index is 11.6. The maximum Gasteiger partial charge on any atom is 0.225 e. The van der Waals surface area contributed by atoms with Gasteiger partial charge in [0, 0.05) is 13.1 Å². The Morgan fingerprint density at radius 1 is 1.37 bits per heavy atom. The fraction of sp³-hybridized carbons (Fsp3) is 0.500. The topological polar surface area (TPSA) is 59.6 Å². The average molecular weight is 264 g/mol. The second-order valence-electron chi connectivity index (χ2n) is 4.70. The summed E-state index contributed by atoms with van der Waals surface area (Å²) < 4.78 is 10.8. The van der Waals surface area contributed by atoms with Crippen LogP contribution in [0.3, 0.4) is 0 Å². The summed E-state index contributed by atoms with van der Waals surface area (Å²) in [4.78, 5) is 11.6. The molecule has 0 aromatic heterocycles. The Balaban J connectivity index is 1.73. The number of hydrogen-bond donors (Lipinski definition) is 2. The molecule has 1 saturated heterocycles. The van der Waals surface area contributed by atoms with Crippen molar-refractivity contribution in [3.05, 3.63) is 24.3 Å². The summed E-state index contributed by atoms with van der Waals surface area (Å²) in [6, 6.07) is 7.40. The lowest BCUT2D eigenvalue weighted by molar-refractivity contribution is -0.126. The Morgan fingerprint density at radius 2 is 2.00 bits per heavy atom. The number of carbonyl (C=O) groups excluding carboxylic acids is 1. The molecule has 0 aliphatic carbocycles. The molecule has 2 N–H and O–H groups in total. The highest BCUT2D eigenvalue weighted by atomic mass is 16.5. The summed E-state index contributed by atoms with van der Waals surface area (Å²) in [5.41, 5.74) is 0. The van der Waals surface area contributed by atoms with E-state index in [0.717, 1.165) is 24.6 Å². The molecule has 104 valence electrons. The van der Waals surface area contributed by atoms with Gasteiger partial charge in [0.15, 0.2) is 0 Å². The molecule has 0 saturated carbocycles. The largest absolute Gasteiger partial charge is 0.497 e. The van der Waals surface area contributed by atoms with Gasteiger partial charge in [0.05, 0.1) is 19.6 Å². The second-order valence-corrected chi connectivity index (χ2v) is 4.70. The number of ether oxygens (including phenoxy) is 2. The number of amides is 1. The lowest BCUT2D eigenvalue weighted by Crippen LogP contribution is -2.51. The van der Waals surface area contributed by atoms with Gasteiger partial charge in [-0.25, -0.2) is 0 Å². The van der Waals surface area contributed by atoms with E-state index in [2.05, 4.69) is 10.6 Å². The predicted octanol–water partition coefficient (Wildman–Crippen LogP) is 0.798. The van der Waals surface area contributed by atoms with Crippen LogP contribution < -0.4 is 20.1 Å². The van der Waals surface area contributed by atoms with Crippen molar-refractivity contribution in [2.24, 2.45) is 5.92 Å². The molecule has 5 heteroatoms. The standard InChI is InChI=1S/C14H20N2O3/c1-10(7-16-14(17)11-8-15-9-11)19-13-5-3-12(18-2)4-6-13/h3-6,10-11,15H,7-9H2,1-2H3,(H,16,17). The van der Waals surface area contributed by atoms with Crippen LogP contribution in [0.1, 0.15) is 6.92 Å². The zero-order valence-corrected chi connectivity index (χ0v) is 11.3. The van der Waals surface area contributed by atoms with Crippen LogP contribution in [0.25, 0.3) is 0 Å². The predicted molar refractivity (Wildman–Crippen MR) is 72.5 cm³/mol. The van der Waals surface area contributed by atoms with Gasteiger partial charge in [0.2, 0.25) is 5.91 Å². The number of hydrogen-bond acceptors (Lipinski definition) is 4. The molecule has 1 amide bonds. The number of benzene rings is 1. The SMILES string of the molecule is COc1ccc(OC(C)CNC(=O)C2CNC2)cc1. The molecular weight excluding hydrogens is 244 g/mol. The fourth-order valence-electron chi connectivity index (χ4n) is 1.79. The minimum Gasteiger partial charge on any atom is -0.497 e. The smallest absolute Gasteiger partial charge is 0.225 e. The van der Waals surface area contributed by atoms with Crippen molar-refractivity contribution in [1.82, 2.24) is 10.6 Å². The zero-order valence-electron chi connectivity index (χ0n) is 11.3. The second kappa shape index (κ2) is 6.43. The summed E-state index contributed by atoms with van der Waals surface area (Å²) in [5.74, 6) is 1.79. The zero-order chi connectivity index (χ0) is 13.7. The van der Waals surface area contributed by atoms with E-state index < -0.39 is 0 Å². The van der Waals surface area contributed by atoms with Gasteiger partial charge in [-0.1, -0.05) is 0 Å². The normalized spacial score (nSPS) is 16.3. The van der Waals surface area contributed by atoms with Crippen molar-refractivity contribution in [2.45, 2.75) is 13.0 Å². The molecule has 2 rings (SSSR count). The van der Waals surface area contributed by atoms with Gasteiger partial charge in [-0.2, -0.15) is 0 Å². The quantitative estimate of drug-likeness (QED) is 0.798. The van der Waals surface area contributed by atoms with Crippen molar-refractivity contribution >= 4 is 5.91 Å². The summed E-state index contributed by atoms with van der Waals surface area (Å²) in [6.45, 7) is 4.00. The van der Waals surface area contributed by atoms with Gasteiger partial charge in [0.25, 0.3) is 0 Å². The van der Waals surface area contributed by atoms with Crippen LogP contribution in [-0.2, 0) is 4.79 Å². The Bertz CT molecular complexity index is 415. The minimum absolute atomic E-state index is 0.0645. The van der Waals surface area contributed by atoms with Crippen molar-refractivity contribution in [3.8, 4) is 11.5 Å². The third kappa shape index (κ3) is 3.86. The van der Waals surface area contributed by atoms with Crippen LogP contribution in [0.4, 0.5) is 0 Å². The molecular formula is C14H20N2O3. The molecule has 5 nitrogen and oxygen atoms in total. The molecule has 1 aliphatic rings. The van der Waals surface area contributed by atoms with Gasteiger partial charge >= 0.3 is 0 Å². The van der Waals surface area contributed by atoms with Crippen LogP contribution in [-0.4, -0.2) is 38.8 Å². The first-order valence-corrected chi connectivity index (χ1v) is 6.48. The van der Waals surface area contributed by atoms with Crippen LogP contribution in [0.2, 0.25) is 0 Å². The first-order chi connectivity index (χ1) is 9.19. The number of rotatable bonds is 6. The van der Waals surface area contributed by atoms with Crippen molar-refractivity contribution in [2.75, 3.05) is 26.7 Å². The van der Waals surface area contributed by atoms with Gasteiger partial charge in [0.1, 0.15) is 17.6 Å². The average Bonchev–Trinajstić information content (AvgIpc) is 2.35. The summed E-state index contributed by atoms with van der Waals surface area (Å²) in [7, 11) is 1.63. The third-order valence-electron chi connectivity index (χ3n) is 3.11.